The molecule has 1 saturated heterocycles. The summed E-state index contributed by atoms with van der Waals surface area (Å²) in [5.74, 6) is -1.07. The molecule has 1 aromatic carbocycles. The average molecular weight is 221 g/mol. The summed E-state index contributed by atoms with van der Waals surface area (Å²) in [7, 11) is 1.42. The first-order chi connectivity index (χ1) is 7.61. The van der Waals surface area contributed by atoms with E-state index in [1.54, 1.807) is 24.3 Å². The quantitative estimate of drug-likeness (QED) is 0.816. The van der Waals surface area contributed by atoms with Crippen LogP contribution in [0.4, 0.5) is 4.79 Å². The van der Waals surface area contributed by atoms with Gasteiger partial charge in [-0.1, -0.05) is 30.3 Å². The minimum Gasteiger partial charge on any atom is -0.480 e. The molecule has 2 atom stereocenters. The summed E-state index contributed by atoms with van der Waals surface area (Å²) < 4.78 is 5.04. The topological polar surface area (TPSA) is 66.8 Å². The molecule has 0 spiro atoms. The van der Waals surface area contributed by atoms with Gasteiger partial charge in [0.05, 0.1) is 0 Å². The minimum atomic E-state index is -1.07. The highest BCUT2D eigenvalue weighted by Gasteiger charge is 2.45. The summed E-state index contributed by atoms with van der Waals surface area (Å²) in [5, 5.41) is 9.06. The molecule has 1 aliphatic heterocycles. The van der Waals surface area contributed by atoms with Crippen molar-refractivity contribution in [1.82, 2.24) is 4.90 Å². The third-order valence-electron chi connectivity index (χ3n) is 2.60. The Kier molecular flexibility index (Phi) is 2.52. The van der Waals surface area contributed by atoms with E-state index in [2.05, 4.69) is 0 Å². The number of hydrogen-bond acceptors (Lipinski definition) is 3. The van der Waals surface area contributed by atoms with Crippen LogP contribution in [0.25, 0.3) is 0 Å². The number of ether oxygens (including phenoxy) is 1. The first-order valence-corrected chi connectivity index (χ1v) is 4.82. The number of nitrogens with zero attached hydrogens (tertiary/aromatic N) is 1. The van der Waals surface area contributed by atoms with Crippen molar-refractivity contribution in [2.75, 3.05) is 7.05 Å². The van der Waals surface area contributed by atoms with Crippen LogP contribution in [0.2, 0.25) is 0 Å². The number of carbonyl (C=O) groups is 2. The van der Waals surface area contributed by atoms with E-state index in [-0.39, 0.29) is 0 Å². The number of benzene rings is 1. The molecule has 0 aromatic heterocycles. The summed E-state index contributed by atoms with van der Waals surface area (Å²) in [6, 6.07) is 7.90. The van der Waals surface area contributed by atoms with Gasteiger partial charge in [-0.2, -0.15) is 0 Å². The van der Waals surface area contributed by atoms with Crippen LogP contribution >= 0.6 is 0 Å². The Labute approximate surface area is 92.2 Å². The lowest BCUT2D eigenvalue weighted by Crippen LogP contribution is -2.37. The maximum absolute atomic E-state index is 11.3. The van der Waals surface area contributed by atoms with Crippen molar-refractivity contribution in [3.63, 3.8) is 0 Å². The van der Waals surface area contributed by atoms with Gasteiger partial charge in [0, 0.05) is 7.05 Å². The number of hydrogen-bond donors (Lipinski definition) is 1. The third kappa shape index (κ3) is 1.60. The number of amides is 1. The lowest BCUT2D eigenvalue weighted by molar-refractivity contribution is -0.142. The van der Waals surface area contributed by atoms with E-state index < -0.39 is 24.2 Å². The van der Waals surface area contributed by atoms with Crippen LogP contribution in [0.5, 0.6) is 0 Å². The van der Waals surface area contributed by atoms with Gasteiger partial charge in [-0.15, -0.1) is 0 Å². The van der Waals surface area contributed by atoms with E-state index in [9.17, 15) is 9.59 Å². The molecule has 5 nitrogen and oxygen atoms in total. The number of carboxylic acids is 1. The molecule has 16 heavy (non-hydrogen) atoms. The highest BCUT2D eigenvalue weighted by atomic mass is 16.6. The van der Waals surface area contributed by atoms with Gasteiger partial charge >= 0.3 is 12.1 Å². The van der Waals surface area contributed by atoms with Gasteiger partial charge in [0.15, 0.2) is 12.1 Å². The van der Waals surface area contributed by atoms with E-state index in [0.717, 1.165) is 4.90 Å². The minimum absolute atomic E-state index is 0.610. The fourth-order valence-electron chi connectivity index (χ4n) is 1.76. The van der Waals surface area contributed by atoms with Gasteiger partial charge in [-0.25, -0.2) is 9.59 Å². The number of rotatable bonds is 2. The van der Waals surface area contributed by atoms with Gasteiger partial charge in [0.1, 0.15) is 0 Å². The SMILES string of the molecule is CN1C(=O)OC(c2ccccc2)C1C(=O)O. The van der Waals surface area contributed by atoms with E-state index in [4.69, 9.17) is 9.84 Å². The number of carbonyl (C=O) groups excluding carboxylic acids is 1. The Balaban J connectivity index is 2.34. The van der Waals surface area contributed by atoms with Crippen molar-refractivity contribution >= 4 is 12.1 Å². The smallest absolute Gasteiger partial charge is 0.411 e. The van der Waals surface area contributed by atoms with Gasteiger partial charge in [0.25, 0.3) is 0 Å². The van der Waals surface area contributed by atoms with Crippen molar-refractivity contribution in [2.24, 2.45) is 0 Å². The van der Waals surface area contributed by atoms with Gasteiger partial charge < -0.3 is 9.84 Å². The molecule has 0 bridgehead atoms. The van der Waals surface area contributed by atoms with E-state index >= 15 is 0 Å². The molecule has 1 amide bonds. The first-order valence-electron chi connectivity index (χ1n) is 4.82. The first kappa shape index (κ1) is 10.5. The predicted molar refractivity (Wildman–Crippen MR) is 54.9 cm³/mol. The fourth-order valence-corrected chi connectivity index (χ4v) is 1.76. The molecule has 2 unspecified atom stereocenters. The van der Waals surface area contributed by atoms with E-state index in [0.29, 0.717) is 5.56 Å². The third-order valence-corrected chi connectivity index (χ3v) is 2.60. The number of carboxylic acid groups (broad SMARTS) is 1. The van der Waals surface area contributed by atoms with Crippen molar-refractivity contribution in [2.45, 2.75) is 12.1 Å². The van der Waals surface area contributed by atoms with Crippen LogP contribution in [-0.2, 0) is 9.53 Å². The molecular weight excluding hydrogens is 210 g/mol. The highest BCUT2D eigenvalue weighted by Crippen LogP contribution is 2.31. The van der Waals surface area contributed by atoms with Crippen molar-refractivity contribution in [1.29, 1.82) is 0 Å². The monoisotopic (exact) mass is 221 g/mol. The number of cyclic esters (lactones) is 1. The van der Waals surface area contributed by atoms with Crippen molar-refractivity contribution < 1.29 is 19.4 Å². The summed E-state index contributed by atoms with van der Waals surface area (Å²) in [5.41, 5.74) is 0.688. The van der Waals surface area contributed by atoms with Crippen LogP contribution in [0, 0.1) is 0 Å². The molecule has 84 valence electrons. The number of likely N-dealkylation sites (N-methyl/N-ethyl adjacent to an activating group) is 1. The molecule has 0 radical (unpaired) electrons. The van der Waals surface area contributed by atoms with Gasteiger partial charge in [0.2, 0.25) is 0 Å². The van der Waals surface area contributed by atoms with E-state index in [1.165, 1.54) is 7.05 Å². The second kappa shape index (κ2) is 3.84. The largest absolute Gasteiger partial charge is 0.480 e. The van der Waals surface area contributed by atoms with Crippen LogP contribution < -0.4 is 0 Å². The highest BCUT2D eigenvalue weighted by molar-refractivity contribution is 5.84. The summed E-state index contributed by atoms with van der Waals surface area (Å²) in [6.07, 6.45) is -1.35. The second-order valence-electron chi connectivity index (χ2n) is 3.61. The van der Waals surface area contributed by atoms with Gasteiger partial charge in [-0.3, -0.25) is 4.90 Å². The van der Waals surface area contributed by atoms with Crippen LogP contribution in [0.15, 0.2) is 30.3 Å². The zero-order chi connectivity index (χ0) is 11.7. The summed E-state index contributed by atoms with van der Waals surface area (Å²) >= 11 is 0. The molecule has 0 saturated carbocycles. The zero-order valence-electron chi connectivity index (χ0n) is 8.66. The Hall–Kier alpha value is -2.04. The maximum atomic E-state index is 11.3. The second-order valence-corrected chi connectivity index (χ2v) is 3.61. The van der Waals surface area contributed by atoms with Crippen molar-refractivity contribution in [3.05, 3.63) is 35.9 Å². The summed E-state index contributed by atoms with van der Waals surface area (Å²) in [4.78, 5) is 23.5. The Morgan fingerprint density at radius 1 is 1.38 bits per heavy atom. The molecular formula is C11H11NO4. The standard InChI is InChI=1S/C11H11NO4/c1-12-8(10(13)14)9(16-11(12)15)7-5-3-2-4-6-7/h2-6,8-9H,1H3,(H,13,14). The van der Waals surface area contributed by atoms with Gasteiger partial charge in [-0.05, 0) is 5.56 Å². The lowest BCUT2D eigenvalue weighted by Gasteiger charge is -2.16. The molecule has 1 aromatic rings. The maximum Gasteiger partial charge on any atom is 0.411 e. The van der Waals surface area contributed by atoms with Crippen LogP contribution in [0.3, 0.4) is 0 Å². The zero-order valence-corrected chi connectivity index (χ0v) is 8.66. The molecule has 2 rings (SSSR count). The molecule has 1 fully saturated rings. The van der Waals surface area contributed by atoms with Crippen LogP contribution in [0.1, 0.15) is 11.7 Å². The summed E-state index contributed by atoms with van der Waals surface area (Å²) in [6.45, 7) is 0. The molecule has 5 heteroatoms. The predicted octanol–water partition coefficient (Wildman–Crippen LogP) is 1.26. The Morgan fingerprint density at radius 2 is 2.00 bits per heavy atom. The molecule has 1 heterocycles. The Morgan fingerprint density at radius 3 is 2.56 bits per heavy atom. The fraction of sp³-hybridized carbons (Fsp3) is 0.273. The Bertz CT molecular complexity index is 417. The number of aliphatic carboxylic acids is 1. The van der Waals surface area contributed by atoms with Crippen LogP contribution in [-0.4, -0.2) is 35.2 Å². The normalized spacial score (nSPS) is 24.3. The molecule has 1 N–H and O–H groups in total. The van der Waals surface area contributed by atoms with Crippen molar-refractivity contribution in [3.8, 4) is 0 Å². The average Bonchev–Trinajstić information content (AvgIpc) is 2.57. The molecule has 0 aliphatic carbocycles. The van der Waals surface area contributed by atoms with E-state index in [1.807, 2.05) is 6.07 Å². The lowest BCUT2D eigenvalue weighted by atomic mass is 10.0. The molecule has 1 aliphatic rings.